The molecule has 0 N–H and O–H groups in total. The lowest BCUT2D eigenvalue weighted by atomic mass is 10.0. The Kier molecular flexibility index (Phi) is 12.0. The lowest BCUT2D eigenvalue weighted by molar-refractivity contribution is 0.0599. The summed E-state index contributed by atoms with van der Waals surface area (Å²) in [5.41, 5.74) is 5.95. The zero-order chi connectivity index (χ0) is 39.2. The maximum Gasteiger partial charge on any atom is 0.337 e. The molecule has 0 bridgehead atoms. The maximum absolute atomic E-state index is 13.6. The zero-order valence-corrected chi connectivity index (χ0v) is 33.2. The second kappa shape index (κ2) is 17.5. The first-order chi connectivity index (χ1) is 27.2. The predicted molar refractivity (Wildman–Crippen MR) is 217 cm³/mol. The van der Waals surface area contributed by atoms with Crippen molar-refractivity contribution in [1.82, 2.24) is 24.8 Å². The monoisotopic (exact) mass is 772 g/mol. The van der Waals surface area contributed by atoms with E-state index in [9.17, 15) is 14.4 Å². The minimum Gasteiger partial charge on any atom is -0.484 e. The van der Waals surface area contributed by atoms with Gasteiger partial charge in [0.15, 0.2) is 0 Å². The third-order valence-corrected chi connectivity index (χ3v) is 11.8. The average Bonchev–Trinajstić information content (AvgIpc) is 3.74. The highest BCUT2D eigenvalue weighted by Crippen LogP contribution is 2.33. The minimum atomic E-state index is -0.398. The molecule has 7 rings (SSSR count). The van der Waals surface area contributed by atoms with Crippen molar-refractivity contribution in [3.05, 3.63) is 131 Å². The molecular formula is C44H48N6O5S. The molecule has 2 amide bonds. The Hall–Kier alpha value is -5.62. The van der Waals surface area contributed by atoms with E-state index in [1.807, 2.05) is 27.6 Å². The number of anilines is 1. The van der Waals surface area contributed by atoms with Gasteiger partial charge < -0.3 is 24.2 Å². The molecule has 0 saturated carbocycles. The van der Waals surface area contributed by atoms with Crippen LogP contribution in [0.15, 0.2) is 107 Å². The number of likely N-dealkylation sites (tertiary alicyclic amines) is 1. The van der Waals surface area contributed by atoms with E-state index in [1.165, 1.54) is 28.0 Å². The Bertz CT molecular complexity index is 2160. The van der Waals surface area contributed by atoms with Gasteiger partial charge in [-0.15, -0.1) is 5.10 Å². The first kappa shape index (κ1) is 38.6. The van der Waals surface area contributed by atoms with Crippen molar-refractivity contribution in [2.24, 2.45) is 0 Å². The number of amides is 2. The van der Waals surface area contributed by atoms with E-state index in [2.05, 4.69) is 71.5 Å². The molecule has 56 heavy (non-hydrogen) atoms. The van der Waals surface area contributed by atoms with Crippen molar-refractivity contribution >= 4 is 35.2 Å². The highest BCUT2D eigenvalue weighted by molar-refractivity contribution is 7.99. The number of piperazine rings is 1. The SMILES string of the molecule is CCC(Oc1ccc(C(=O)OC)cc1)c1cn(C2CCN(C(=O)c3cccc(C(=O)N4CCN(c5ccc(Sc6ccc(C)cc6C)cc5)CC4)c3)CC2)nn1. The number of carbonyl (C=O) groups is 3. The van der Waals surface area contributed by atoms with E-state index in [0.29, 0.717) is 55.0 Å². The lowest BCUT2D eigenvalue weighted by Gasteiger charge is -2.36. The Labute approximate surface area is 332 Å². The zero-order valence-electron chi connectivity index (χ0n) is 32.4. The van der Waals surface area contributed by atoms with Crippen LogP contribution in [0, 0.1) is 13.8 Å². The largest absolute Gasteiger partial charge is 0.484 e. The van der Waals surface area contributed by atoms with Crippen molar-refractivity contribution in [3.63, 3.8) is 0 Å². The molecule has 0 aliphatic carbocycles. The summed E-state index contributed by atoms with van der Waals surface area (Å²) in [6.45, 7) is 10.2. The summed E-state index contributed by atoms with van der Waals surface area (Å²) >= 11 is 1.78. The molecule has 11 nitrogen and oxygen atoms in total. The summed E-state index contributed by atoms with van der Waals surface area (Å²) in [4.78, 5) is 47.6. The smallest absolute Gasteiger partial charge is 0.337 e. The van der Waals surface area contributed by atoms with Crippen molar-refractivity contribution in [3.8, 4) is 5.75 Å². The van der Waals surface area contributed by atoms with Crippen LogP contribution in [0.5, 0.6) is 5.75 Å². The van der Waals surface area contributed by atoms with Crippen LogP contribution in [0.4, 0.5) is 5.69 Å². The number of hydrogen-bond acceptors (Lipinski definition) is 9. The molecule has 0 spiro atoms. The average molecular weight is 773 g/mol. The summed E-state index contributed by atoms with van der Waals surface area (Å²) in [5, 5.41) is 8.84. The molecule has 12 heteroatoms. The van der Waals surface area contributed by atoms with Crippen molar-refractivity contribution in [1.29, 1.82) is 0 Å². The van der Waals surface area contributed by atoms with Gasteiger partial charge in [0.1, 0.15) is 17.5 Å². The van der Waals surface area contributed by atoms with Gasteiger partial charge in [-0.05, 0) is 111 Å². The lowest BCUT2D eigenvalue weighted by Crippen LogP contribution is -2.48. The molecule has 2 aliphatic rings. The Morgan fingerprint density at radius 1 is 0.786 bits per heavy atom. The standard InChI is InChI=1S/C44H48N6O5S/c1-5-40(55-37-14-10-32(11-15-37)44(53)54-4)39-29-50(46-45-39)36-19-21-48(22-20-36)42(51)33-7-6-8-34(28-33)43(52)49-25-23-47(24-26-49)35-12-16-38(17-13-35)56-41-18-9-30(2)27-31(41)3/h6-18,27-29,36,40H,5,19-26H2,1-4H3. The van der Waals surface area contributed by atoms with Gasteiger partial charge in [-0.25, -0.2) is 9.48 Å². The molecule has 3 heterocycles. The Morgan fingerprint density at radius 2 is 1.45 bits per heavy atom. The topological polar surface area (TPSA) is 110 Å². The predicted octanol–water partition coefficient (Wildman–Crippen LogP) is 7.80. The summed E-state index contributed by atoms with van der Waals surface area (Å²) in [6.07, 6.45) is 3.78. The van der Waals surface area contributed by atoms with Crippen LogP contribution in [-0.4, -0.2) is 89.0 Å². The third kappa shape index (κ3) is 8.91. The van der Waals surface area contributed by atoms with E-state index in [0.717, 1.165) is 37.3 Å². The highest BCUT2D eigenvalue weighted by atomic mass is 32.2. The number of benzene rings is 4. The molecule has 0 radical (unpaired) electrons. The number of rotatable bonds is 11. The van der Waals surface area contributed by atoms with E-state index in [4.69, 9.17) is 9.47 Å². The van der Waals surface area contributed by atoms with Gasteiger partial charge >= 0.3 is 5.97 Å². The number of aromatic nitrogens is 3. The molecule has 2 saturated heterocycles. The van der Waals surface area contributed by atoms with Crippen molar-refractivity contribution in [2.75, 3.05) is 51.3 Å². The molecular weight excluding hydrogens is 725 g/mol. The molecule has 2 aliphatic heterocycles. The fourth-order valence-electron chi connectivity index (χ4n) is 7.34. The summed E-state index contributed by atoms with van der Waals surface area (Å²) in [6, 6.07) is 29.3. The van der Waals surface area contributed by atoms with Crippen molar-refractivity contribution < 1.29 is 23.9 Å². The fraction of sp³-hybridized carbons (Fsp3) is 0.341. The van der Waals surface area contributed by atoms with Crippen LogP contribution in [0.2, 0.25) is 0 Å². The number of methoxy groups -OCH3 is 1. The molecule has 1 unspecified atom stereocenters. The molecule has 2 fully saturated rings. The Morgan fingerprint density at radius 3 is 2.07 bits per heavy atom. The van der Waals surface area contributed by atoms with E-state index in [1.54, 1.807) is 60.3 Å². The van der Waals surface area contributed by atoms with Crippen LogP contribution in [-0.2, 0) is 4.74 Å². The summed E-state index contributed by atoms with van der Waals surface area (Å²) in [7, 11) is 1.35. The van der Waals surface area contributed by atoms with Gasteiger partial charge in [0, 0.05) is 65.9 Å². The van der Waals surface area contributed by atoms with Gasteiger partial charge in [-0.2, -0.15) is 0 Å². The van der Waals surface area contributed by atoms with E-state index in [-0.39, 0.29) is 24.0 Å². The number of ether oxygens (including phenoxy) is 2. The van der Waals surface area contributed by atoms with Crippen LogP contribution < -0.4 is 9.64 Å². The van der Waals surface area contributed by atoms with Crippen LogP contribution in [0.1, 0.15) is 86.2 Å². The number of hydrogen-bond donors (Lipinski definition) is 0. The molecule has 290 valence electrons. The molecule has 1 aromatic heterocycles. The quantitative estimate of drug-likeness (QED) is 0.124. The summed E-state index contributed by atoms with van der Waals surface area (Å²) < 4.78 is 12.8. The van der Waals surface area contributed by atoms with Gasteiger partial charge in [0.2, 0.25) is 0 Å². The number of piperidine rings is 1. The molecule has 4 aromatic carbocycles. The van der Waals surface area contributed by atoms with Gasteiger partial charge in [-0.1, -0.05) is 47.7 Å². The number of aryl methyl sites for hydroxylation is 2. The number of carbonyl (C=O) groups excluding carboxylic acids is 3. The summed E-state index contributed by atoms with van der Waals surface area (Å²) in [5.74, 6) is 0.109. The first-order valence-electron chi connectivity index (χ1n) is 19.2. The van der Waals surface area contributed by atoms with Crippen LogP contribution in [0.25, 0.3) is 0 Å². The first-order valence-corrected chi connectivity index (χ1v) is 20.1. The maximum atomic E-state index is 13.6. The van der Waals surface area contributed by atoms with Crippen LogP contribution in [0.3, 0.4) is 0 Å². The number of nitrogens with zero attached hydrogens (tertiary/aromatic N) is 6. The third-order valence-electron chi connectivity index (χ3n) is 10.6. The van der Waals surface area contributed by atoms with Crippen molar-refractivity contribution in [2.45, 2.75) is 62.0 Å². The Balaban J connectivity index is 0.891. The normalized spacial score (nSPS) is 15.4. The van der Waals surface area contributed by atoms with Gasteiger partial charge in [-0.3, -0.25) is 9.59 Å². The minimum absolute atomic E-state index is 0.0483. The highest BCUT2D eigenvalue weighted by Gasteiger charge is 2.28. The second-order valence-corrected chi connectivity index (χ2v) is 15.5. The molecule has 1 atom stereocenters. The van der Waals surface area contributed by atoms with Crippen LogP contribution >= 0.6 is 11.8 Å². The number of esters is 1. The molecule has 5 aromatic rings. The van der Waals surface area contributed by atoms with E-state index >= 15 is 0 Å². The van der Waals surface area contributed by atoms with E-state index < -0.39 is 5.97 Å². The second-order valence-electron chi connectivity index (χ2n) is 14.4. The van der Waals surface area contributed by atoms with Gasteiger partial charge in [0.05, 0.1) is 24.9 Å². The van der Waals surface area contributed by atoms with Gasteiger partial charge in [0.25, 0.3) is 11.8 Å². The fourth-order valence-corrected chi connectivity index (χ4v) is 8.22.